The Kier molecular flexibility index (Phi) is 8.32. The predicted octanol–water partition coefficient (Wildman–Crippen LogP) is 11.8. The van der Waals surface area contributed by atoms with E-state index < -0.39 is 6.98 Å². The van der Waals surface area contributed by atoms with Gasteiger partial charge >= 0.3 is 201 Å². The van der Waals surface area contributed by atoms with E-state index in [2.05, 4.69) is 135 Å². The number of ether oxygens (including phenoxy) is 1. The number of hydrogen-bond donors (Lipinski definition) is 0. The fourth-order valence-corrected chi connectivity index (χ4v) is 8.01. The van der Waals surface area contributed by atoms with Gasteiger partial charge in [-0.15, -0.1) is 0 Å². The van der Waals surface area contributed by atoms with Crippen molar-refractivity contribution in [3.05, 3.63) is 135 Å². The molecule has 1 unspecified atom stereocenters. The van der Waals surface area contributed by atoms with E-state index in [-0.39, 0.29) is 22.2 Å². The Hall–Kier alpha value is -4.21. The minimum atomic E-state index is -2.33. The van der Waals surface area contributed by atoms with Gasteiger partial charge in [0.25, 0.3) is 0 Å². The zero-order chi connectivity index (χ0) is 39.7. The topological polar surface area (TPSA) is 35.2 Å². The molecule has 6 aromatic rings. The molecule has 0 spiro atoms. The molecule has 0 N–H and O–H groups in total. The molecule has 0 aliphatic carbocycles. The van der Waals surface area contributed by atoms with Crippen molar-refractivity contribution in [1.82, 2.24) is 14.1 Å². The molecule has 0 bridgehead atoms. The van der Waals surface area contributed by atoms with E-state index in [9.17, 15) is 0 Å². The molecule has 1 atom stereocenters. The van der Waals surface area contributed by atoms with Crippen molar-refractivity contribution >= 4 is 22.5 Å². The van der Waals surface area contributed by atoms with Crippen LogP contribution in [0.5, 0.6) is 11.5 Å². The monoisotopic (exact) mass is 874 g/mol. The van der Waals surface area contributed by atoms with Gasteiger partial charge in [-0.3, -0.25) is 0 Å². The summed E-state index contributed by atoms with van der Waals surface area (Å²) >= 11 is 2.11. The van der Waals surface area contributed by atoms with Crippen molar-refractivity contribution in [3.8, 4) is 17.2 Å². The van der Waals surface area contributed by atoms with Crippen LogP contribution in [-0.4, -0.2) is 20.7 Å². The molecule has 0 saturated carbocycles. The SMILES string of the molecule is [2H]C([2H])([2H])n1[c](=[Pt])n(-c2cccc(Oc3ccc4c(c3)N(c3cc(C(C)(C)C)ccn3)CCC4c3cc(C(C)(C)C)cc(C(C)(C)C)c3)c2)c2ccccc21. The Morgan fingerprint density at radius 1 is 0.712 bits per heavy atom. The number of benzene rings is 4. The first-order valence-electron chi connectivity index (χ1n) is 19.7. The van der Waals surface area contributed by atoms with Crippen LogP contribution in [0.3, 0.4) is 0 Å². The molecule has 6 heteroatoms. The summed E-state index contributed by atoms with van der Waals surface area (Å²) in [4.78, 5) is 7.27. The van der Waals surface area contributed by atoms with Crippen LogP contribution < -0.4 is 9.64 Å². The van der Waals surface area contributed by atoms with E-state index in [1.807, 2.05) is 59.3 Å². The van der Waals surface area contributed by atoms with E-state index in [1.165, 1.54) is 32.4 Å². The zero-order valence-corrected chi connectivity index (χ0v) is 34.1. The minimum absolute atomic E-state index is 0.0150. The van der Waals surface area contributed by atoms with Crippen LogP contribution in [0, 0.1) is 3.80 Å². The van der Waals surface area contributed by atoms with E-state index >= 15 is 0 Å². The average molecular weight is 875 g/mol. The van der Waals surface area contributed by atoms with Crippen LogP contribution in [0.2, 0.25) is 0 Å². The van der Waals surface area contributed by atoms with Crippen molar-refractivity contribution in [3.63, 3.8) is 0 Å². The first kappa shape index (κ1) is 32.4. The molecule has 0 amide bonds. The summed E-state index contributed by atoms with van der Waals surface area (Å²) < 4.78 is 35.4. The van der Waals surface area contributed by atoms with E-state index in [0.717, 1.165) is 41.4 Å². The Morgan fingerprint density at radius 3 is 2.06 bits per heavy atom. The van der Waals surface area contributed by atoms with Crippen molar-refractivity contribution in [2.45, 2.75) is 90.9 Å². The van der Waals surface area contributed by atoms with Gasteiger partial charge in [-0.2, -0.15) is 0 Å². The number of anilines is 2. The van der Waals surface area contributed by atoms with Gasteiger partial charge in [-0.05, 0) is 39.0 Å². The molecule has 272 valence electrons. The third kappa shape index (κ3) is 6.97. The summed E-state index contributed by atoms with van der Waals surface area (Å²) in [5, 5.41) is 0. The molecule has 4 aromatic carbocycles. The molecule has 0 fully saturated rings. The number of fused-ring (bicyclic) bond motifs is 2. The van der Waals surface area contributed by atoms with Crippen LogP contribution in [0.4, 0.5) is 11.5 Å². The number of rotatable bonds is 5. The van der Waals surface area contributed by atoms with E-state index in [4.69, 9.17) is 13.8 Å². The average Bonchev–Trinajstić information content (AvgIpc) is 3.42. The summed E-state index contributed by atoms with van der Waals surface area (Å²) in [5.41, 5.74) is 9.93. The van der Waals surface area contributed by atoms with Gasteiger partial charge in [0.15, 0.2) is 0 Å². The van der Waals surface area contributed by atoms with Gasteiger partial charge in [0, 0.05) is 6.20 Å². The van der Waals surface area contributed by atoms with E-state index in [1.54, 1.807) is 0 Å². The standard InChI is InChI=1S/C46H52N4O.Pt/c1-44(2,3)32-20-22-47-43(27-32)49-23-21-38(31-24-33(45(4,5)6)26-34(25-31)46(7,8)9)39-19-18-37(29-42(39)49)51-36-15-13-14-35(28-36)50-30-48(10)40-16-11-12-17-41(40)50;/h11-20,22,24-29,38H,21,23H2,1-10H3;/i10D3;. The Bertz CT molecular complexity index is 2430. The molecule has 3 heterocycles. The summed E-state index contributed by atoms with van der Waals surface area (Å²) in [6.45, 7) is 19.0. The quantitative estimate of drug-likeness (QED) is 0.173. The number of imidazole rings is 1. The number of nitrogens with zero attached hydrogens (tertiary/aromatic N) is 4. The molecule has 1 aliphatic heterocycles. The molecule has 0 saturated heterocycles. The normalized spacial score (nSPS) is 16.3. The van der Waals surface area contributed by atoms with Crippen molar-refractivity contribution in [2.75, 3.05) is 11.4 Å². The Morgan fingerprint density at radius 2 is 1.38 bits per heavy atom. The van der Waals surface area contributed by atoms with Crippen molar-refractivity contribution < 1.29 is 28.2 Å². The molecule has 52 heavy (non-hydrogen) atoms. The van der Waals surface area contributed by atoms with Crippen LogP contribution in [0.15, 0.2) is 103 Å². The van der Waals surface area contributed by atoms with Gasteiger partial charge < -0.3 is 0 Å². The van der Waals surface area contributed by atoms with Gasteiger partial charge in [-0.1, -0.05) is 80.5 Å². The third-order valence-corrected chi connectivity index (χ3v) is 11.3. The predicted molar refractivity (Wildman–Crippen MR) is 212 cm³/mol. The molecular formula is C46H52N4OPt. The number of aryl methyl sites for hydroxylation is 1. The summed E-state index contributed by atoms with van der Waals surface area (Å²) in [5.74, 6) is 2.51. The fourth-order valence-electron chi connectivity index (χ4n) is 7.17. The number of para-hydroxylation sites is 2. The van der Waals surface area contributed by atoms with Crippen molar-refractivity contribution in [2.24, 2.45) is 6.98 Å². The Labute approximate surface area is 324 Å². The van der Waals surface area contributed by atoms with Crippen LogP contribution in [0.25, 0.3) is 16.7 Å². The van der Waals surface area contributed by atoms with Crippen LogP contribution >= 0.6 is 0 Å². The van der Waals surface area contributed by atoms with Gasteiger partial charge in [0.2, 0.25) is 0 Å². The number of pyridine rings is 1. The maximum atomic E-state index is 8.25. The molecular weight excluding hydrogens is 820 g/mol. The molecule has 0 radical (unpaired) electrons. The van der Waals surface area contributed by atoms with Crippen LogP contribution in [-0.2, 0) is 42.6 Å². The first-order chi connectivity index (χ1) is 25.7. The molecule has 5 nitrogen and oxygen atoms in total. The van der Waals surface area contributed by atoms with Gasteiger partial charge in [0.05, 0.1) is 0 Å². The second kappa shape index (κ2) is 13.3. The maximum absolute atomic E-state index is 8.25. The van der Waals surface area contributed by atoms with E-state index in [0.29, 0.717) is 15.1 Å². The Balaban J connectivity index is 1.33. The fraction of sp³-hybridized carbons (Fsp3) is 0.348. The zero-order valence-electron chi connectivity index (χ0n) is 34.8. The summed E-state index contributed by atoms with van der Waals surface area (Å²) in [6, 6.07) is 33.5. The first-order valence-corrected chi connectivity index (χ1v) is 19.3. The molecule has 7 rings (SSSR count). The molecule has 2 aromatic heterocycles. The number of hydrogen-bond acceptors (Lipinski definition) is 3. The summed E-state index contributed by atoms with van der Waals surface area (Å²) in [7, 11) is 0. The number of aromatic nitrogens is 3. The van der Waals surface area contributed by atoms with Gasteiger partial charge in [-0.25, -0.2) is 0 Å². The third-order valence-electron chi connectivity index (χ3n) is 10.3. The second-order valence-electron chi connectivity index (χ2n) is 17.2. The molecule has 1 aliphatic rings. The van der Waals surface area contributed by atoms with Gasteiger partial charge in [0.1, 0.15) is 0 Å². The van der Waals surface area contributed by atoms with Crippen LogP contribution in [0.1, 0.15) is 107 Å². The van der Waals surface area contributed by atoms with Crippen molar-refractivity contribution in [1.29, 1.82) is 0 Å². The summed E-state index contributed by atoms with van der Waals surface area (Å²) in [6.07, 6.45) is 2.88. The second-order valence-corrected chi connectivity index (χ2v) is 18.2.